The Balaban J connectivity index is 0.000000595. The lowest BCUT2D eigenvalue weighted by Gasteiger charge is -2.53. The van der Waals surface area contributed by atoms with Crippen LogP contribution in [0.1, 0.15) is 71.8 Å². The monoisotopic (exact) mass is 316 g/mol. The van der Waals surface area contributed by atoms with E-state index >= 15 is 0 Å². The molecule has 0 amide bonds. The van der Waals surface area contributed by atoms with Crippen LogP contribution in [0.4, 0.5) is 0 Å². The Morgan fingerprint density at radius 2 is 1.78 bits per heavy atom. The second-order valence-electron chi connectivity index (χ2n) is 8.22. The summed E-state index contributed by atoms with van der Waals surface area (Å²) in [6.07, 6.45) is 6.39. The van der Waals surface area contributed by atoms with Crippen molar-refractivity contribution in [1.29, 1.82) is 0 Å². The Morgan fingerprint density at radius 3 is 2.35 bits per heavy atom. The van der Waals surface area contributed by atoms with E-state index in [0.717, 1.165) is 19.3 Å². The Kier molecular flexibility index (Phi) is 5.54. The number of carboxylic acids is 1. The molecule has 3 rings (SSSR count). The lowest BCUT2D eigenvalue weighted by molar-refractivity contribution is -0.154. The molecule has 2 nitrogen and oxygen atoms in total. The minimum Gasteiger partial charge on any atom is -0.481 e. The van der Waals surface area contributed by atoms with Gasteiger partial charge in [-0.25, -0.2) is 0 Å². The maximum Gasteiger partial charge on any atom is 0.309 e. The van der Waals surface area contributed by atoms with Crippen molar-refractivity contribution in [3.8, 4) is 0 Å². The fourth-order valence-electron chi connectivity index (χ4n) is 5.09. The largest absolute Gasteiger partial charge is 0.481 e. The first-order valence-corrected chi connectivity index (χ1v) is 9.14. The minimum atomic E-state index is -0.614. The summed E-state index contributed by atoms with van der Waals surface area (Å²) in [5.74, 6) is 0.651. The van der Waals surface area contributed by atoms with Crippen molar-refractivity contribution in [2.45, 2.75) is 71.6 Å². The third-order valence-corrected chi connectivity index (χ3v) is 5.52. The van der Waals surface area contributed by atoms with Crippen LogP contribution in [0.25, 0.3) is 0 Å². The molecule has 2 saturated carbocycles. The Bertz CT molecular complexity index is 520. The normalized spacial score (nSPS) is 35.8. The third-order valence-electron chi connectivity index (χ3n) is 5.52. The zero-order valence-corrected chi connectivity index (χ0v) is 15.1. The van der Waals surface area contributed by atoms with E-state index in [-0.39, 0.29) is 5.41 Å². The number of fused-ring (bicyclic) bond motifs is 2. The lowest BCUT2D eigenvalue weighted by atomic mass is 9.50. The number of rotatable bonds is 2. The van der Waals surface area contributed by atoms with Gasteiger partial charge in [-0.05, 0) is 61.8 Å². The average molecular weight is 316 g/mol. The number of hydrogen-bond donors (Lipinski definition) is 1. The molecule has 0 saturated heterocycles. The summed E-state index contributed by atoms with van der Waals surface area (Å²) < 4.78 is 0. The molecule has 2 heteroatoms. The van der Waals surface area contributed by atoms with E-state index < -0.39 is 11.4 Å². The molecule has 2 bridgehead atoms. The Hall–Kier alpha value is -1.31. The van der Waals surface area contributed by atoms with Gasteiger partial charge in [-0.1, -0.05) is 57.5 Å². The molecule has 2 aliphatic rings. The molecule has 0 aliphatic heterocycles. The maximum atomic E-state index is 11.8. The van der Waals surface area contributed by atoms with Gasteiger partial charge < -0.3 is 5.11 Å². The smallest absolute Gasteiger partial charge is 0.309 e. The van der Waals surface area contributed by atoms with Crippen molar-refractivity contribution >= 4 is 5.97 Å². The second-order valence-corrected chi connectivity index (χ2v) is 8.22. The fourth-order valence-corrected chi connectivity index (χ4v) is 5.09. The summed E-state index contributed by atoms with van der Waals surface area (Å²) in [4.78, 5) is 11.8. The number of benzene rings is 1. The molecule has 0 aromatic heterocycles. The summed E-state index contributed by atoms with van der Waals surface area (Å²) in [6.45, 7) is 8.53. The topological polar surface area (TPSA) is 37.3 Å². The molecule has 1 aromatic carbocycles. The van der Waals surface area contributed by atoms with Crippen LogP contribution in [0.3, 0.4) is 0 Å². The predicted octanol–water partition coefficient (Wildman–Crippen LogP) is 5.66. The average Bonchev–Trinajstić information content (AvgIpc) is 2.47. The second kappa shape index (κ2) is 7.07. The molecule has 1 aromatic rings. The Morgan fingerprint density at radius 1 is 1.17 bits per heavy atom. The molecule has 128 valence electrons. The highest BCUT2D eigenvalue weighted by Gasteiger charge is 2.53. The first-order valence-electron chi connectivity index (χ1n) is 9.14. The zero-order chi connectivity index (χ0) is 17.1. The molecular weight excluding hydrogens is 284 g/mol. The first-order chi connectivity index (χ1) is 10.8. The standard InChI is InChI=1S/C18H24O2.C3H8/c1-13-8-14-10-17(2,16(19)20)12-18(9-13,11-14)15-6-4-3-5-7-15;1-3-2/h3-7,13-14H,8-12H2,1-2H3,(H,19,20);3H2,1-2H3. The molecule has 23 heavy (non-hydrogen) atoms. The van der Waals surface area contributed by atoms with E-state index in [1.54, 1.807) is 0 Å². The van der Waals surface area contributed by atoms with E-state index in [0.29, 0.717) is 11.8 Å². The molecule has 4 atom stereocenters. The lowest BCUT2D eigenvalue weighted by Crippen LogP contribution is -2.49. The van der Waals surface area contributed by atoms with Crippen LogP contribution in [-0.2, 0) is 10.2 Å². The third kappa shape index (κ3) is 3.79. The molecule has 0 spiro atoms. The minimum absolute atomic E-state index is 0.0784. The van der Waals surface area contributed by atoms with Gasteiger partial charge in [-0.3, -0.25) is 4.79 Å². The number of aliphatic carboxylic acids is 1. The highest BCUT2D eigenvalue weighted by molar-refractivity contribution is 5.74. The van der Waals surface area contributed by atoms with Crippen molar-refractivity contribution in [3.05, 3.63) is 35.9 Å². The van der Waals surface area contributed by atoms with Crippen LogP contribution in [0, 0.1) is 17.3 Å². The quantitative estimate of drug-likeness (QED) is 0.764. The molecule has 0 heterocycles. The maximum absolute atomic E-state index is 11.8. The van der Waals surface area contributed by atoms with Crippen LogP contribution in [0.2, 0.25) is 0 Å². The molecule has 2 fully saturated rings. The van der Waals surface area contributed by atoms with Crippen LogP contribution < -0.4 is 0 Å². The van der Waals surface area contributed by atoms with Gasteiger partial charge in [-0.15, -0.1) is 0 Å². The van der Waals surface area contributed by atoms with E-state index in [1.165, 1.54) is 24.8 Å². The van der Waals surface area contributed by atoms with Crippen molar-refractivity contribution < 1.29 is 9.90 Å². The summed E-state index contributed by atoms with van der Waals surface area (Å²) in [6, 6.07) is 10.6. The highest BCUT2D eigenvalue weighted by atomic mass is 16.4. The van der Waals surface area contributed by atoms with E-state index in [4.69, 9.17) is 0 Å². The number of carbonyl (C=O) groups is 1. The number of hydrogen-bond acceptors (Lipinski definition) is 1. The van der Waals surface area contributed by atoms with Crippen molar-refractivity contribution in [2.75, 3.05) is 0 Å². The fraction of sp³-hybridized carbons (Fsp3) is 0.667. The van der Waals surface area contributed by atoms with Gasteiger partial charge in [0, 0.05) is 0 Å². The predicted molar refractivity (Wildman–Crippen MR) is 95.6 cm³/mol. The molecule has 2 aliphatic carbocycles. The molecular formula is C21H32O2. The summed E-state index contributed by atoms with van der Waals surface area (Å²) in [5.41, 5.74) is 0.872. The molecule has 0 radical (unpaired) electrons. The van der Waals surface area contributed by atoms with E-state index in [1.807, 2.05) is 13.0 Å². The number of carboxylic acid groups (broad SMARTS) is 1. The van der Waals surface area contributed by atoms with Gasteiger partial charge >= 0.3 is 5.97 Å². The van der Waals surface area contributed by atoms with Gasteiger partial charge in [-0.2, -0.15) is 0 Å². The Labute approximate surface area is 141 Å². The zero-order valence-electron chi connectivity index (χ0n) is 15.1. The van der Waals surface area contributed by atoms with Crippen LogP contribution >= 0.6 is 0 Å². The van der Waals surface area contributed by atoms with Gasteiger partial charge in [0.15, 0.2) is 0 Å². The van der Waals surface area contributed by atoms with Gasteiger partial charge in [0.25, 0.3) is 0 Å². The summed E-state index contributed by atoms with van der Waals surface area (Å²) >= 11 is 0. The van der Waals surface area contributed by atoms with Crippen molar-refractivity contribution in [1.82, 2.24) is 0 Å². The van der Waals surface area contributed by atoms with Crippen molar-refractivity contribution in [3.63, 3.8) is 0 Å². The van der Waals surface area contributed by atoms with Gasteiger partial charge in [0.2, 0.25) is 0 Å². The summed E-state index contributed by atoms with van der Waals surface area (Å²) in [5, 5.41) is 9.68. The molecule has 4 unspecified atom stereocenters. The SMILES string of the molecule is CC1CC2CC(C)(C(=O)O)CC(c3ccccc3)(C1)C2.CCC. The van der Waals surface area contributed by atoms with E-state index in [9.17, 15) is 9.90 Å². The van der Waals surface area contributed by atoms with Crippen LogP contribution in [0.5, 0.6) is 0 Å². The van der Waals surface area contributed by atoms with Crippen LogP contribution in [-0.4, -0.2) is 11.1 Å². The highest BCUT2D eigenvalue weighted by Crippen LogP contribution is 2.57. The van der Waals surface area contributed by atoms with Crippen molar-refractivity contribution in [2.24, 2.45) is 17.3 Å². The summed E-state index contributed by atoms with van der Waals surface area (Å²) in [7, 11) is 0. The van der Waals surface area contributed by atoms with Gasteiger partial charge in [0.05, 0.1) is 5.41 Å². The van der Waals surface area contributed by atoms with Gasteiger partial charge in [0.1, 0.15) is 0 Å². The van der Waals surface area contributed by atoms with E-state index in [2.05, 4.69) is 45.0 Å². The van der Waals surface area contributed by atoms with Crippen LogP contribution in [0.15, 0.2) is 30.3 Å². The molecule has 1 N–H and O–H groups in total. The first kappa shape index (κ1) is 18.0.